The lowest BCUT2D eigenvalue weighted by atomic mass is 10.0. The molecule has 2 atom stereocenters. The van der Waals surface area contributed by atoms with Crippen molar-refractivity contribution in [1.82, 2.24) is 0 Å². The van der Waals surface area contributed by atoms with Crippen molar-refractivity contribution < 1.29 is 5.11 Å². The van der Waals surface area contributed by atoms with Gasteiger partial charge >= 0.3 is 0 Å². The fraction of sp³-hybridized carbons (Fsp3) is 0.538. The first kappa shape index (κ1) is 10.9. The van der Waals surface area contributed by atoms with E-state index in [9.17, 15) is 5.11 Å². The number of halogens is 2. The Morgan fingerprint density at radius 2 is 1.75 bits per heavy atom. The van der Waals surface area contributed by atoms with Crippen molar-refractivity contribution >= 4 is 23.2 Å². The first-order valence-electron chi connectivity index (χ1n) is 5.82. The van der Waals surface area contributed by atoms with Gasteiger partial charge in [-0.3, -0.25) is 0 Å². The van der Waals surface area contributed by atoms with Crippen molar-refractivity contribution in [2.24, 2.45) is 11.8 Å². The summed E-state index contributed by atoms with van der Waals surface area (Å²) in [7, 11) is 0. The summed E-state index contributed by atoms with van der Waals surface area (Å²) in [6, 6.07) is 5.37. The third kappa shape index (κ3) is 1.42. The van der Waals surface area contributed by atoms with E-state index in [-0.39, 0.29) is 0 Å². The molecular weight excluding hydrogens is 243 g/mol. The van der Waals surface area contributed by atoms with Crippen molar-refractivity contribution in [3.8, 4) is 0 Å². The van der Waals surface area contributed by atoms with Crippen LogP contribution in [0, 0.1) is 11.8 Å². The predicted octanol–water partition coefficient (Wildman–Crippen LogP) is 4.00. The third-order valence-electron chi connectivity index (χ3n) is 4.15. The Morgan fingerprint density at radius 1 is 1.12 bits per heavy atom. The summed E-state index contributed by atoms with van der Waals surface area (Å²) >= 11 is 12.1. The molecule has 0 saturated heterocycles. The highest BCUT2D eigenvalue weighted by Gasteiger charge is 2.65. The molecule has 0 heterocycles. The van der Waals surface area contributed by atoms with Crippen LogP contribution in [0.2, 0.25) is 10.0 Å². The first-order chi connectivity index (χ1) is 7.64. The molecule has 0 bridgehead atoms. The molecule has 86 valence electrons. The predicted molar refractivity (Wildman–Crippen MR) is 65.8 cm³/mol. The fourth-order valence-corrected chi connectivity index (χ4v) is 3.74. The molecule has 0 spiro atoms. The van der Waals surface area contributed by atoms with E-state index in [4.69, 9.17) is 23.2 Å². The summed E-state index contributed by atoms with van der Waals surface area (Å²) < 4.78 is 0. The lowest BCUT2D eigenvalue weighted by Crippen LogP contribution is -2.11. The maximum Gasteiger partial charge on any atom is 0.0975 e. The molecular formula is C13H14Cl2O. The molecule has 0 aromatic heterocycles. The van der Waals surface area contributed by atoms with Crippen LogP contribution in [0.1, 0.15) is 31.2 Å². The Labute approximate surface area is 105 Å². The van der Waals surface area contributed by atoms with Gasteiger partial charge in [-0.1, -0.05) is 36.0 Å². The van der Waals surface area contributed by atoms with Gasteiger partial charge in [0.25, 0.3) is 0 Å². The second kappa shape index (κ2) is 3.63. The van der Waals surface area contributed by atoms with Crippen LogP contribution < -0.4 is 0 Å². The van der Waals surface area contributed by atoms with Crippen LogP contribution in [0.15, 0.2) is 18.2 Å². The second-order valence-electron chi connectivity index (χ2n) is 4.95. The van der Waals surface area contributed by atoms with Gasteiger partial charge in [-0.15, -0.1) is 0 Å². The number of rotatable bonds is 1. The molecule has 1 aromatic carbocycles. The molecule has 0 radical (unpaired) electrons. The molecule has 1 aromatic rings. The van der Waals surface area contributed by atoms with Crippen LogP contribution in [-0.4, -0.2) is 5.11 Å². The minimum atomic E-state index is -0.696. The van der Waals surface area contributed by atoms with Gasteiger partial charge in [-0.2, -0.15) is 0 Å². The molecule has 2 fully saturated rings. The first-order valence-corrected chi connectivity index (χ1v) is 6.57. The van der Waals surface area contributed by atoms with E-state index >= 15 is 0 Å². The standard InChI is InChI=1S/C13H14Cl2O/c14-8-5-6-12(15)11(7-8)13(16)9-3-1-2-4-10(9)13/h5-7,9-10,16H,1-4H2. The highest BCUT2D eigenvalue weighted by atomic mass is 35.5. The van der Waals surface area contributed by atoms with E-state index < -0.39 is 5.60 Å². The zero-order valence-electron chi connectivity index (χ0n) is 8.92. The molecule has 2 unspecified atom stereocenters. The zero-order chi connectivity index (χ0) is 11.3. The van der Waals surface area contributed by atoms with Gasteiger partial charge in [0, 0.05) is 15.6 Å². The maximum absolute atomic E-state index is 10.7. The molecule has 1 N–H and O–H groups in total. The average molecular weight is 257 g/mol. The van der Waals surface area contributed by atoms with E-state index in [1.807, 2.05) is 6.07 Å². The van der Waals surface area contributed by atoms with Gasteiger partial charge in [0.2, 0.25) is 0 Å². The summed E-state index contributed by atoms with van der Waals surface area (Å²) in [5, 5.41) is 12.0. The van der Waals surface area contributed by atoms with Crippen LogP contribution in [0.3, 0.4) is 0 Å². The van der Waals surface area contributed by atoms with Gasteiger partial charge in [-0.25, -0.2) is 0 Å². The Hall–Kier alpha value is -0.240. The van der Waals surface area contributed by atoms with Gasteiger partial charge in [0.15, 0.2) is 0 Å². The van der Waals surface area contributed by atoms with E-state index in [2.05, 4.69) is 0 Å². The van der Waals surface area contributed by atoms with E-state index in [1.165, 1.54) is 12.8 Å². The molecule has 0 aliphatic heterocycles. The van der Waals surface area contributed by atoms with E-state index in [0.717, 1.165) is 18.4 Å². The van der Waals surface area contributed by atoms with Crippen molar-refractivity contribution in [3.05, 3.63) is 33.8 Å². The summed E-state index contributed by atoms with van der Waals surface area (Å²) in [5.74, 6) is 0.800. The fourth-order valence-electron chi connectivity index (χ4n) is 3.30. The molecule has 16 heavy (non-hydrogen) atoms. The quantitative estimate of drug-likeness (QED) is 0.806. The van der Waals surface area contributed by atoms with Gasteiger partial charge < -0.3 is 5.11 Å². The Morgan fingerprint density at radius 3 is 2.38 bits per heavy atom. The topological polar surface area (TPSA) is 20.2 Å². The highest BCUT2D eigenvalue weighted by Crippen LogP contribution is 2.65. The van der Waals surface area contributed by atoms with Crippen LogP contribution in [0.25, 0.3) is 0 Å². The van der Waals surface area contributed by atoms with Crippen LogP contribution in [0.4, 0.5) is 0 Å². The molecule has 2 saturated carbocycles. The van der Waals surface area contributed by atoms with Crippen molar-refractivity contribution in [2.45, 2.75) is 31.3 Å². The number of benzene rings is 1. The van der Waals surface area contributed by atoms with Crippen LogP contribution >= 0.6 is 23.2 Å². The Kier molecular flexibility index (Phi) is 2.47. The van der Waals surface area contributed by atoms with Crippen LogP contribution in [-0.2, 0) is 5.60 Å². The lowest BCUT2D eigenvalue weighted by Gasteiger charge is -2.13. The van der Waals surface area contributed by atoms with E-state index in [0.29, 0.717) is 21.9 Å². The molecule has 1 nitrogen and oxygen atoms in total. The lowest BCUT2D eigenvalue weighted by molar-refractivity contribution is 0.118. The third-order valence-corrected chi connectivity index (χ3v) is 4.71. The van der Waals surface area contributed by atoms with Crippen molar-refractivity contribution in [2.75, 3.05) is 0 Å². The number of fused-ring (bicyclic) bond motifs is 1. The normalized spacial score (nSPS) is 36.9. The summed E-state index contributed by atoms with van der Waals surface area (Å²) in [5.41, 5.74) is 0.136. The number of hydrogen-bond donors (Lipinski definition) is 1. The van der Waals surface area contributed by atoms with Crippen molar-refractivity contribution in [3.63, 3.8) is 0 Å². The summed E-state index contributed by atoms with van der Waals surface area (Å²) in [6.07, 6.45) is 4.68. The van der Waals surface area contributed by atoms with Crippen molar-refractivity contribution in [1.29, 1.82) is 0 Å². The SMILES string of the molecule is OC1(c2cc(Cl)ccc2Cl)C2CCCCC21. The van der Waals surface area contributed by atoms with Gasteiger partial charge in [-0.05, 0) is 42.9 Å². The molecule has 2 aliphatic rings. The Bertz CT molecular complexity index is 418. The monoisotopic (exact) mass is 256 g/mol. The Balaban J connectivity index is 2.01. The zero-order valence-corrected chi connectivity index (χ0v) is 10.4. The number of aliphatic hydroxyl groups is 1. The smallest absolute Gasteiger partial charge is 0.0975 e. The highest BCUT2D eigenvalue weighted by molar-refractivity contribution is 6.33. The summed E-state index contributed by atoms with van der Waals surface area (Å²) in [6.45, 7) is 0. The van der Waals surface area contributed by atoms with E-state index in [1.54, 1.807) is 12.1 Å². The average Bonchev–Trinajstić information content (AvgIpc) is 2.90. The summed E-state index contributed by atoms with van der Waals surface area (Å²) in [4.78, 5) is 0. The largest absolute Gasteiger partial charge is 0.385 e. The molecule has 3 heteroatoms. The molecule has 3 rings (SSSR count). The minimum Gasteiger partial charge on any atom is -0.385 e. The van der Waals surface area contributed by atoms with Gasteiger partial charge in [0.1, 0.15) is 0 Å². The van der Waals surface area contributed by atoms with Gasteiger partial charge in [0.05, 0.1) is 5.60 Å². The molecule has 2 aliphatic carbocycles. The minimum absolute atomic E-state index is 0.400. The molecule has 0 amide bonds. The number of hydrogen-bond acceptors (Lipinski definition) is 1. The van der Waals surface area contributed by atoms with Crippen LogP contribution in [0.5, 0.6) is 0 Å². The second-order valence-corrected chi connectivity index (χ2v) is 5.79. The maximum atomic E-state index is 10.7.